The summed E-state index contributed by atoms with van der Waals surface area (Å²) in [5.74, 6) is 0.904. The highest BCUT2D eigenvalue weighted by molar-refractivity contribution is 9.10. The Labute approximate surface area is 125 Å². The van der Waals surface area contributed by atoms with Crippen LogP contribution in [-0.4, -0.2) is 23.4 Å². The molecule has 2 aromatic heterocycles. The Morgan fingerprint density at radius 2 is 2.32 bits per heavy atom. The maximum absolute atomic E-state index is 5.28. The Hall–Kier alpha value is -0.850. The molecule has 0 saturated heterocycles. The summed E-state index contributed by atoms with van der Waals surface area (Å²) in [6.07, 6.45) is 1.86. The number of aromatic nitrogens is 2. The summed E-state index contributed by atoms with van der Waals surface area (Å²) in [5, 5.41) is 9.94. The topological polar surface area (TPSA) is 39.1 Å². The molecule has 0 amide bonds. The lowest BCUT2D eigenvalue weighted by molar-refractivity contribution is 0.416. The lowest BCUT2D eigenvalue weighted by atomic mass is 10.1. The third-order valence-electron chi connectivity index (χ3n) is 2.93. The summed E-state index contributed by atoms with van der Waals surface area (Å²) >= 11 is 5.30. The summed E-state index contributed by atoms with van der Waals surface area (Å²) in [7, 11) is 1.69. The number of hydrogen-bond donors (Lipinski definition) is 1. The van der Waals surface area contributed by atoms with Gasteiger partial charge in [0.05, 0.1) is 29.5 Å². The quantitative estimate of drug-likeness (QED) is 0.873. The van der Waals surface area contributed by atoms with Crippen LogP contribution in [0.3, 0.4) is 0 Å². The second-order valence-electron chi connectivity index (χ2n) is 4.07. The molecule has 0 spiro atoms. The molecule has 0 fully saturated rings. The Bertz CT molecular complexity index is 538. The normalized spacial score (nSPS) is 12.6. The van der Waals surface area contributed by atoms with E-state index in [0.717, 1.165) is 29.0 Å². The molecule has 1 atom stereocenters. The minimum atomic E-state index is 0.135. The predicted molar refractivity (Wildman–Crippen MR) is 82.0 cm³/mol. The van der Waals surface area contributed by atoms with Crippen LogP contribution in [0.25, 0.3) is 0 Å². The van der Waals surface area contributed by atoms with Crippen LogP contribution in [0.4, 0.5) is 0 Å². The summed E-state index contributed by atoms with van der Waals surface area (Å²) in [4.78, 5) is 1.23. The zero-order chi connectivity index (χ0) is 13.8. The van der Waals surface area contributed by atoms with E-state index in [1.165, 1.54) is 4.88 Å². The van der Waals surface area contributed by atoms with Crippen molar-refractivity contribution in [3.05, 3.63) is 32.7 Å². The molecule has 1 N–H and O–H groups in total. The van der Waals surface area contributed by atoms with Gasteiger partial charge in [-0.2, -0.15) is 5.10 Å². The molecule has 0 aliphatic carbocycles. The SMILES string of the molecule is CCNC(c1cc(OC)cs1)c1c(Br)cnn1CC. The summed E-state index contributed by atoms with van der Waals surface area (Å²) in [5.41, 5.74) is 1.16. The largest absolute Gasteiger partial charge is 0.496 e. The van der Waals surface area contributed by atoms with Crippen LogP contribution in [0.5, 0.6) is 5.75 Å². The fourth-order valence-electron chi connectivity index (χ4n) is 2.04. The number of thiophene rings is 1. The van der Waals surface area contributed by atoms with Crippen molar-refractivity contribution in [2.45, 2.75) is 26.4 Å². The molecule has 0 radical (unpaired) electrons. The van der Waals surface area contributed by atoms with Gasteiger partial charge in [0.2, 0.25) is 0 Å². The second-order valence-corrected chi connectivity index (χ2v) is 5.87. The van der Waals surface area contributed by atoms with Gasteiger partial charge in [-0.15, -0.1) is 11.3 Å². The first kappa shape index (κ1) is 14.6. The van der Waals surface area contributed by atoms with Gasteiger partial charge in [-0.3, -0.25) is 4.68 Å². The molecule has 104 valence electrons. The van der Waals surface area contributed by atoms with Crippen molar-refractivity contribution in [1.29, 1.82) is 0 Å². The lowest BCUT2D eigenvalue weighted by Crippen LogP contribution is -2.24. The van der Waals surface area contributed by atoms with Crippen molar-refractivity contribution in [2.75, 3.05) is 13.7 Å². The van der Waals surface area contributed by atoms with E-state index in [2.05, 4.69) is 46.3 Å². The van der Waals surface area contributed by atoms with Crippen molar-refractivity contribution in [3.8, 4) is 5.75 Å². The van der Waals surface area contributed by atoms with E-state index < -0.39 is 0 Å². The molecule has 2 heterocycles. The molecule has 0 aromatic carbocycles. The monoisotopic (exact) mass is 343 g/mol. The van der Waals surface area contributed by atoms with Crippen LogP contribution in [0.15, 0.2) is 22.1 Å². The number of nitrogens with one attached hydrogen (secondary N) is 1. The van der Waals surface area contributed by atoms with E-state index in [1.807, 2.05) is 16.3 Å². The lowest BCUT2D eigenvalue weighted by Gasteiger charge is -2.18. The number of methoxy groups -OCH3 is 1. The van der Waals surface area contributed by atoms with Crippen LogP contribution in [-0.2, 0) is 6.54 Å². The summed E-state index contributed by atoms with van der Waals surface area (Å²) in [6.45, 7) is 5.96. The Balaban J connectivity index is 2.41. The number of ether oxygens (including phenoxy) is 1. The molecule has 0 bridgehead atoms. The molecule has 19 heavy (non-hydrogen) atoms. The highest BCUT2D eigenvalue weighted by Crippen LogP contribution is 2.34. The van der Waals surface area contributed by atoms with Gasteiger partial charge in [-0.25, -0.2) is 0 Å². The molecule has 6 heteroatoms. The average molecular weight is 344 g/mol. The van der Waals surface area contributed by atoms with Gasteiger partial charge >= 0.3 is 0 Å². The predicted octanol–water partition coefficient (Wildman–Crippen LogP) is 3.43. The van der Waals surface area contributed by atoms with Gasteiger partial charge in [0.1, 0.15) is 5.75 Å². The first-order chi connectivity index (χ1) is 9.21. The molecular weight excluding hydrogens is 326 g/mol. The molecule has 4 nitrogen and oxygen atoms in total. The Kier molecular flexibility index (Phi) is 5.01. The van der Waals surface area contributed by atoms with Gasteiger partial charge in [0.15, 0.2) is 0 Å². The van der Waals surface area contributed by atoms with Crippen molar-refractivity contribution in [2.24, 2.45) is 0 Å². The number of rotatable bonds is 6. The molecule has 2 rings (SSSR count). The van der Waals surface area contributed by atoms with Crippen molar-refractivity contribution in [3.63, 3.8) is 0 Å². The van der Waals surface area contributed by atoms with E-state index in [1.54, 1.807) is 18.4 Å². The average Bonchev–Trinajstić information content (AvgIpc) is 3.02. The van der Waals surface area contributed by atoms with Gasteiger partial charge < -0.3 is 10.1 Å². The van der Waals surface area contributed by atoms with Crippen LogP contribution in [0.1, 0.15) is 30.5 Å². The zero-order valence-electron chi connectivity index (χ0n) is 11.3. The highest BCUT2D eigenvalue weighted by atomic mass is 79.9. The van der Waals surface area contributed by atoms with Gasteiger partial charge in [0.25, 0.3) is 0 Å². The number of halogens is 1. The van der Waals surface area contributed by atoms with Crippen LogP contribution in [0.2, 0.25) is 0 Å². The second kappa shape index (κ2) is 6.54. The first-order valence-electron chi connectivity index (χ1n) is 6.28. The first-order valence-corrected chi connectivity index (χ1v) is 7.95. The Morgan fingerprint density at radius 1 is 1.53 bits per heavy atom. The fraction of sp³-hybridized carbons (Fsp3) is 0.462. The van der Waals surface area contributed by atoms with Crippen molar-refractivity contribution >= 4 is 27.3 Å². The van der Waals surface area contributed by atoms with Gasteiger partial charge in [0, 0.05) is 16.8 Å². The van der Waals surface area contributed by atoms with Gasteiger partial charge in [-0.1, -0.05) is 6.92 Å². The maximum atomic E-state index is 5.28. The maximum Gasteiger partial charge on any atom is 0.129 e. The minimum absolute atomic E-state index is 0.135. The summed E-state index contributed by atoms with van der Waals surface area (Å²) in [6, 6.07) is 2.22. The van der Waals surface area contributed by atoms with E-state index >= 15 is 0 Å². The third-order valence-corrected chi connectivity index (χ3v) is 4.52. The van der Waals surface area contributed by atoms with E-state index in [-0.39, 0.29) is 6.04 Å². The highest BCUT2D eigenvalue weighted by Gasteiger charge is 2.22. The molecule has 0 aliphatic heterocycles. The molecule has 0 saturated carbocycles. The molecular formula is C13H18BrN3OS. The van der Waals surface area contributed by atoms with Crippen LogP contribution < -0.4 is 10.1 Å². The number of nitrogens with zero attached hydrogens (tertiary/aromatic N) is 2. The fourth-order valence-corrected chi connectivity index (χ4v) is 3.50. The molecule has 1 unspecified atom stereocenters. The molecule has 0 aliphatic rings. The number of hydrogen-bond acceptors (Lipinski definition) is 4. The third kappa shape index (κ3) is 3.01. The van der Waals surface area contributed by atoms with Crippen molar-refractivity contribution < 1.29 is 4.74 Å². The zero-order valence-corrected chi connectivity index (χ0v) is 13.7. The van der Waals surface area contributed by atoms with Crippen molar-refractivity contribution in [1.82, 2.24) is 15.1 Å². The summed E-state index contributed by atoms with van der Waals surface area (Å²) < 4.78 is 8.33. The Morgan fingerprint density at radius 3 is 2.89 bits per heavy atom. The van der Waals surface area contributed by atoms with Crippen LogP contribution >= 0.6 is 27.3 Å². The smallest absolute Gasteiger partial charge is 0.129 e. The van der Waals surface area contributed by atoms with Crippen LogP contribution in [0, 0.1) is 0 Å². The van der Waals surface area contributed by atoms with Gasteiger partial charge in [-0.05, 0) is 35.5 Å². The van der Waals surface area contributed by atoms with E-state index in [4.69, 9.17) is 4.74 Å². The van der Waals surface area contributed by atoms with E-state index in [0.29, 0.717) is 0 Å². The minimum Gasteiger partial charge on any atom is -0.496 e. The molecule has 2 aromatic rings. The standard InChI is InChI=1S/C13H18BrN3OS/c1-4-15-12(11-6-9(18-3)8-19-11)13-10(14)7-16-17(13)5-2/h6-8,12,15H,4-5H2,1-3H3. The van der Waals surface area contributed by atoms with E-state index in [9.17, 15) is 0 Å². The number of aryl methyl sites for hydroxylation is 1.